The SMILES string of the molecule is CCc1c(N(CC)C2CCOCC2)cc2oc(C3CCN(C)CC3)cc2c1C(=O)NCc1c(OC)cc(C)[nH]c1=O. The number of aryl methyl sites for hydroxylation is 1. The summed E-state index contributed by atoms with van der Waals surface area (Å²) in [6.45, 7) is 10.5. The molecule has 2 fully saturated rings. The van der Waals surface area contributed by atoms with Crippen LogP contribution in [0, 0.1) is 6.92 Å². The zero-order chi connectivity index (χ0) is 29.1. The fourth-order valence-electron chi connectivity index (χ4n) is 6.51. The summed E-state index contributed by atoms with van der Waals surface area (Å²) in [5.74, 6) is 1.53. The number of fused-ring (bicyclic) bond motifs is 1. The summed E-state index contributed by atoms with van der Waals surface area (Å²) in [5, 5.41) is 3.89. The number of H-pyrrole nitrogens is 1. The summed E-state index contributed by atoms with van der Waals surface area (Å²) < 4.78 is 17.7. The summed E-state index contributed by atoms with van der Waals surface area (Å²) in [7, 11) is 3.69. The molecule has 0 saturated carbocycles. The van der Waals surface area contributed by atoms with E-state index in [1.54, 1.807) is 13.0 Å². The first kappa shape index (κ1) is 29.2. The molecule has 2 N–H and O–H groups in total. The Balaban J connectivity index is 1.58. The third-order valence-electron chi connectivity index (χ3n) is 8.79. The molecule has 9 heteroatoms. The number of carbonyl (C=O) groups excluding carboxylic acids is 1. The van der Waals surface area contributed by atoms with E-state index in [0.717, 1.165) is 86.5 Å². The highest BCUT2D eigenvalue weighted by atomic mass is 16.5. The Labute approximate surface area is 242 Å². The molecule has 0 spiro atoms. The minimum Gasteiger partial charge on any atom is -0.496 e. The third-order valence-corrected chi connectivity index (χ3v) is 8.79. The van der Waals surface area contributed by atoms with E-state index in [1.807, 2.05) is 0 Å². The molecule has 0 bridgehead atoms. The number of ether oxygens (including phenoxy) is 2. The second-order valence-corrected chi connectivity index (χ2v) is 11.4. The molecule has 41 heavy (non-hydrogen) atoms. The molecule has 2 aromatic heterocycles. The Hall–Kier alpha value is -3.30. The van der Waals surface area contributed by atoms with Crippen LogP contribution in [-0.4, -0.2) is 68.8 Å². The number of anilines is 1. The van der Waals surface area contributed by atoms with Crippen molar-refractivity contribution < 1.29 is 18.7 Å². The van der Waals surface area contributed by atoms with Gasteiger partial charge in [0.15, 0.2) is 0 Å². The van der Waals surface area contributed by atoms with Crippen molar-refractivity contribution in [1.82, 2.24) is 15.2 Å². The highest BCUT2D eigenvalue weighted by Crippen LogP contribution is 2.39. The van der Waals surface area contributed by atoms with E-state index in [2.05, 4.69) is 53.1 Å². The normalized spacial score (nSPS) is 17.2. The van der Waals surface area contributed by atoms with Crippen LogP contribution in [0.25, 0.3) is 11.0 Å². The minimum absolute atomic E-state index is 0.0591. The predicted octanol–water partition coefficient (Wildman–Crippen LogP) is 4.75. The number of nitrogens with one attached hydrogen (secondary N) is 2. The number of methoxy groups -OCH3 is 1. The number of hydrogen-bond donors (Lipinski definition) is 2. The van der Waals surface area contributed by atoms with Crippen molar-refractivity contribution in [3.8, 4) is 5.75 Å². The number of hydrogen-bond acceptors (Lipinski definition) is 7. The second kappa shape index (κ2) is 12.7. The number of piperidine rings is 1. The average Bonchev–Trinajstić information content (AvgIpc) is 3.40. The van der Waals surface area contributed by atoms with Gasteiger partial charge >= 0.3 is 0 Å². The molecule has 0 aliphatic carbocycles. The monoisotopic (exact) mass is 564 g/mol. The molecule has 0 unspecified atom stereocenters. The maximum Gasteiger partial charge on any atom is 0.256 e. The van der Waals surface area contributed by atoms with E-state index in [4.69, 9.17) is 13.9 Å². The van der Waals surface area contributed by atoms with E-state index in [9.17, 15) is 9.59 Å². The van der Waals surface area contributed by atoms with Gasteiger partial charge in [0.2, 0.25) is 0 Å². The number of aromatic amines is 1. The van der Waals surface area contributed by atoms with Crippen molar-refractivity contribution in [2.75, 3.05) is 51.9 Å². The second-order valence-electron chi connectivity index (χ2n) is 11.4. The Morgan fingerprint density at radius 3 is 2.51 bits per heavy atom. The van der Waals surface area contributed by atoms with E-state index in [1.165, 1.54) is 7.11 Å². The summed E-state index contributed by atoms with van der Waals surface area (Å²) >= 11 is 0. The van der Waals surface area contributed by atoms with Gasteiger partial charge in [-0.15, -0.1) is 0 Å². The lowest BCUT2D eigenvalue weighted by Crippen LogP contribution is -2.40. The lowest BCUT2D eigenvalue weighted by atomic mass is 9.92. The van der Waals surface area contributed by atoms with Crippen LogP contribution in [-0.2, 0) is 17.7 Å². The van der Waals surface area contributed by atoms with Gasteiger partial charge in [-0.05, 0) is 83.8 Å². The van der Waals surface area contributed by atoms with Crippen molar-refractivity contribution in [2.45, 2.75) is 71.4 Å². The van der Waals surface area contributed by atoms with E-state index in [0.29, 0.717) is 41.0 Å². The molecule has 1 aromatic carbocycles. The summed E-state index contributed by atoms with van der Waals surface area (Å²) in [5.41, 5.74) is 4.27. The first-order chi connectivity index (χ1) is 19.8. The molecule has 5 rings (SSSR count). The van der Waals surface area contributed by atoms with Crippen molar-refractivity contribution in [3.05, 3.63) is 56.7 Å². The van der Waals surface area contributed by atoms with Crippen LogP contribution >= 0.6 is 0 Å². The Kier molecular flexibility index (Phi) is 9.04. The predicted molar refractivity (Wildman–Crippen MR) is 161 cm³/mol. The number of amides is 1. The molecule has 4 heterocycles. The van der Waals surface area contributed by atoms with Gasteiger partial charge in [-0.1, -0.05) is 6.92 Å². The van der Waals surface area contributed by atoms with Crippen molar-refractivity contribution in [1.29, 1.82) is 0 Å². The zero-order valence-corrected chi connectivity index (χ0v) is 25.1. The summed E-state index contributed by atoms with van der Waals surface area (Å²) in [6, 6.07) is 6.35. The number of carbonyl (C=O) groups is 1. The number of nitrogens with zero attached hydrogens (tertiary/aromatic N) is 2. The minimum atomic E-state index is -0.263. The van der Waals surface area contributed by atoms with E-state index >= 15 is 0 Å². The van der Waals surface area contributed by atoms with Gasteiger partial charge in [0, 0.05) is 54.6 Å². The maximum atomic E-state index is 14.1. The van der Waals surface area contributed by atoms with Crippen LogP contribution in [0.15, 0.2) is 27.4 Å². The molecule has 3 aromatic rings. The number of benzene rings is 1. The van der Waals surface area contributed by atoms with Gasteiger partial charge in [-0.2, -0.15) is 0 Å². The standard InChI is InChI=1S/C32H44N4O5/c1-6-23-26(36(7-2)22-10-14-40-15-11-22)18-29-24(17-27(41-29)21-8-12-35(4)13-9-21)30(23)32(38)33-19-25-28(39-5)16-20(3)34-31(25)37/h16-18,21-22H,6-15,19H2,1-5H3,(H,33,38)(H,34,37). The Morgan fingerprint density at radius 2 is 1.85 bits per heavy atom. The molecule has 2 saturated heterocycles. The first-order valence-corrected chi connectivity index (χ1v) is 15.0. The van der Waals surface area contributed by atoms with Crippen LogP contribution in [0.5, 0.6) is 5.75 Å². The number of pyridine rings is 1. The number of furan rings is 1. The van der Waals surface area contributed by atoms with Crippen LogP contribution in [0.1, 0.15) is 78.4 Å². The molecule has 2 aliphatic heterocycles. The molecule has 0 radical (unpaired) electrons. The lowest BCUT2D eigenvalue weighted by molar-refractivity contribution is 0.0845. The quantitative estimate of drug-likeness (QED) is 0.387. The number of rotatable bonds is 9. The molecule has 9 nitrogen and oxygen atoms in total. The molecule has 2 aliphatic rings. The van der Waals surface area contributed by atoms with Gasteiger partial charge in [0.05, 0.1) is 24.8 Å². The van der Waals surface area contributed by atoms with Crippen LogP contribution < -0.4 is 20.5 Å². The topological polar surface area (TPSA) is 100 Å². The molecule has 222 valence electrons. The van der Waals surface area contributed by atoms with Crippen LogP contribution in [0.3, 0.4) is 0 Å². The molecular formula is C32H44N4O5. The first-order valence-electron chi connectivity index (χ1n) is 15.0. The smallest absolute Gasteiger partial charge is 0.256 e. The number of aromatic nitrogens is 1. The Morgan fingerprint density at radius 1 is 1.12 bits per heavy atom. The fraction of sp³-hybridized carbons (Fsp3) is 0.562. The van der Waals surface area contributed by atoms with Gasteiger partial charge in [-0.3, -0.25) is 9.59 Å². The van der Waals surface area contributed by atoms with E-state index in [-0.39, 0.29) is 18.0 Å². The van der Waals surface area contributed by atoms with Gasteiger partial charge in [0.1, 0.15) is 17.1 Å². The van der Waals surface area contributed by atoms with E-state index < -0.39 is 0 Å². The fourth-order valence-corrected chi connectivity index (χ4v) is 6.51. The molecule has 0 atom stereocenters. The van der Waals surface area contributed by atoms with Crippen LogP contribution in [0.2, 0.25) is 0 Å². The summed E-state index contributed by atoms with van der Waals surface area (Å²) in [6.07, 6.45) is 4.66. The highest BCUT2D eigenvalue weighted by Gasteiger charge is 2.29. The van der Waals surface area contributed by atoms with Gasteiger partial charge in [-0.25, -0.2) is 0 Å². The summed E-state index contributed by atoms with van der Waals surface area (Å²) in [4.78, 5) is 34.4. The number of likely N-dealkylation sites (tertiary alicyclic amines) is 1. The molecule has 1 amide bonds. The maximum absolute atomic E-state index is 14.1. The van der Waals surface area contributed by atoms with Crippen molar-refractivity contribution >= 4 is 22.6 Å². The lowest BCUT2D eigenvalue weighted by Gasteiger charge is -2.37. The highest BCUT2D eigenvalue weighted by molar-refractivity contribution is 6.09. The van der Waals surface area contributed by atoms with Crippen molar-refractivity contribution in [3.63, 3.8) is 0 Å². The molecular weight excluding hydrogens is 520 g/mol. The van der Waals surface area contributed by atoms with Gasteiger partial charge < -0.3 is 34.0 Å². The third kappa shape index (κ3) is 6.02. The van der Waals surface area contributed by atoms with Gasteiger partial charge in [0.25, 0.3) is 11.5 Å². The Bertz CT molecular complexity index is 1430. The zero-order valence-electron chi connectivity index (χ0n) is 25.1. The largest absolute Gasteiger partial charge is 0.496 e. The van der Waals surface area contributed by atoms with Crippen LogP contribution in [0.4, 0.5) is 5.69 Å². The average molecular weight is 565 g/mol. The van der Waals surface area contributed by atoms with Crippen molar-refractivity contribution in [2.24, 2.45) is 0 Å².